The summed E-state index contributed by atoms with van der Waals surface area (Å²) >= 11 is 0. The second-order valence-electron chi connectivity index (χ2n) is 6.53. The molecular formula is C21H18N4O2. The number of anilines is 1. The van der Waals surface area contributed by atoms with Gasteiger partial charge < -0.3 is 14.8 Å². The van der Waals surface area contributed by atoms with Gasteiger partial charge in [-0.1, -0.05) is 35.9 Å². The van der Waals surface area contributed by atoms with E-state index < -0.39 is 0 Å². The lowest BCUT2D eigenvalue weighted by Crippen LogP contribution is -2.05. The highest BCUT2D eigenvalue weighted by molar-refractivity contribution is 5.78. The summed E-state index contributed by atoms with van der Waals surface area (Å²) in [6, 6.07) is 16.3. The van der Waals surface area contributed by atoms with Gasteiger partial charge in [0.2, 0.25) is 6.79 Å². The van der Waals surface area contributed by atoms with Gasteiger partial charge in [-0.05, 0) is 36.2 Å². The van der Waals surface area contributed by atoms with Crippen molar-refractivity contribution < 1.29 is 9.47 Å². The summed E-state index contributed by atoms with van der Waals surface area (Å²) in [5, 5.41) is 7.97. The Bertz CT molecular complexity index is 1120. The lowest BCUT2D eigenvalue weighted by Gasteiger charge is -2.09. The smallest absolute Gasteiger partial charge is 0.231 e. The molecule has 6 nitrogen and oxygen atoms in total. The number of aromatic nitrogens is 3. The van der Waals surface area contributed by atoms with E-state index in [9.17, 15) is 0 Å². The number of nitrogens with zero attached hydrogens (tertiary/aromatic N) is 3. The predicted molar refractivity (Wildman–Crippen MR) is 103 cm³/mol. The minimum absolute atomic E-state index is 0.284. The van der Waals surface area contributed by atoms with Gasteiger partial charge in [-0.2, -0.15) is 9.61 Å². The van der Waals surface area contributed by atoms with Crippen LogP contribution in [0.4, 0.5) is 5.82 Å². The van der Waals surface area contributed by atoms with Crippen molar-refractivity contribution in [3.63, 3.8) is 0 Å². The highest BCUT2D eigenvalue weighted by Gasteiger charge is 2.14. The minimum Gasteiger partial charge on any atom is -0.454 e. The Balaban J connectivity index is 1.43. The molecule has 27 heavy (non-hydrogen) atoms. The normalized spacial score (nSPS) is 12.5. The van der Waals surface area contributed by atoms with E-state index >= 15 is 0 Å². The van der Waals surface area contributed by atoms with E-state index in [2.05, 4.69) is 46.6 Å². The van der Waals surface area contributed by atoms with Crippen LogP contribution in [0.5, 0.6) is 11.5 Å². The van der Waals surface area contributed by atoms with E-state index in [-0.39, 0.29) is 6.79 Å². The van der Waals surface area contributed by atoms with Gasteiger partial charge in [0.15, 0.2) is 17.1 Å². The monoisotopic (exact) mass is 358 g/mol. The summed E-state index contributed by atoms with van der Waals surface area (Å²) in [7, 11) is 0. The zero-order chi connectivity index (χ0) is 18.2. The fourth-order valence-electron chi connectivity index (χ4n) is 3.21. The van der Waals surface area contributed by atoms with Crippen molar-refractivity contribution >= 4 is 11.5 Å². The molecule has 3 heterocycles. The first kappa shape index (κ1) is 15.7. The molecule has 0 fully saturated rings. The van der Waals surface area contributed by atoms with Crippen LogP contribution in [-0.4, -0.2) is 21.4 Å². The van der Waals surface area contributed by atoms with Gasteiger partial charge in [0.25, 0.3) is 0 Å². The Kier molecular flexibility index (Phi) is 3.67. The summed E-state index contributed by atoms with van der Waals surface area (Å²) in [6.07, 6.45) is 3.66. The fraction of sp³-hybridized carbons (Fsp3) is 0.143. The molecule has 4 aromatic rings. The number of benzene rings is 2. The number of aryl methyl sites for hydroxylation is 1. The van der Waals surface area contributed by atoms with Crippen LogP contribution in [0.25, 0.3) is 16.8 Å². The summed E-state index contributed by atoms with van der Waals surface area (Å²) in [5.74, 6) is 2.46. The molecule has 0 atom stereocenters. The summed E-state index contributed by atoms with van der Waals surface area (Å²) in [5.41, 5.74) is 5.29. The third-order valence-electron chi connectivity index (χ3n) is 4.67. The van der Waals surface area contributed by atoms with Crippen molar-refractivity contribution in [2.45, 2.75) is 13.5 Å². The number of nitrogens with one attached hydrogen (secondary N) is 1. The number of rotatable bonds is 4. The Morgan fingerprint density at radius 2 is 1.89 bits per heavy atom. The van der Waals surface area contributed by atoms with Gasteiger partial charge in [-0.3, -0.25) is 0 Å². The Morgan fingerprint density at radius 3 is 2.78 bits per heavy atom. The van der Waals surface area contributed by atoms with Gasteiger partial charge in [-0.25, -0.2) is 4.98 Å². The lowest BCUT2D eigenvalue weighted by molar-refractivity contribution is 0.174. The van der Waals surface area contributed by atoms with Crippen LogP contribution in [0.15, 0.2) is 60.9 Å². The summed E-state index contributed by atoms with van der Waals surface area (Å²) in [6.45, 7) is 3.01. The Labute approximate surface area is 156 Å². The van der Waals surface area contributed by atoms with Crippen molar-refractivity contribution in [3.05, 3.63) is 72.1 Å². The van der Waals surface area contributed by atoms with E-state index in [0.717, 1.165) is 39.7 Å². The van der Waals surface area contributed by atoms with Crippen LogP contribution in [0.2, 0.25) is 0 Å². The topological polar surface area (TPSA) is 60.7 Å². The molecule has 2 aromatic heterocycles. The molecule has 1 aliphatic rings. The van der Waals surface area contributed by atoms with Crippen LogP contribution in [-0.2, 0) is 6.54 Å². The predicted octanol–water partition coefficient (Wildman–Crippen LogP) is 4.05. The molecule has 0 saturated heterocycles. The first-order valence-electron chi connectivity index (χ1n) is 8.80. The molecular weight excluding hydrogens is 340 g/mol. The molecule has 0 radical (unpaired) electrons. The van der Waals surface area contributed by atoms with Crippen LogP contribution in [0, 0.1) is 6.92 Å². The average Bonchev–Trinajstić information content (AvgIpc) is 3.33. The summed E-state index contributed by atoms with van der Waals surface area (Å²) in [4.78, 5) is 4.53. The third-order valence-corrected chi connectivity index (χ3v) is 4.67. The molecule has 0 bridgehead atoms. The van der Waals surface area contributed by atoms with Gasteiger partial charge in [0.1, 0.15) is 5.82 Å². The van der Waals surface area contributed by atoms with Gasteiger partial charge in [0, 0.05) is 18.3 Å². The van der Waals surface area contributed by atoms with Crippen LogP contribution in [0.3, 0.4) is 0 Å². The number of hydrogen-bond acceptors (Lipinski definition) is 5. The number of ether oxygens (including phenoxy) is 2. The zero-order valence-corrected chi connectivity index (χ0v) is 14.8. The summed E-state index contributed by atoms with van der Waals surface area (Å²) < 4.78 is 12.6. The number of fused-ring (bicyclic) bond motifs is 2. The van der Waals surface area contributed by atoms with Gasteiger partial charge in [0.05, 0.1) is 6.20 Å². The maximum Gasteiger partial charge on any atom is 0.231 e. The van der Waals surface area contributed by atoms with E-state index in [4.69, 9.17) is 9.47 Å². The van der Waals surface area contributed by atoms with Crippen LogP contribution < -0.4 is 14.8 Å². The molecule has 0 amide bonds. The highest BCUT2D eigenvalue weighted by Crippen LogP contribution is 2.32. The van der Waals surface area contributed by atoms with Crippen molar-refractivity contribution in [2.75, 3.05) is 12.1 Å². The first-order chi connectivity index (χ1) is 13.3. The van der Waals surface area contributed by atoms with Crippen molar-refractivity contribution in [1.29, 1.82) is 0 Å². The van der Waals surface area contributed by atoms with Crippen molar-refractivity contribution in [1.82, 2.24) is 14.6 Å². The maximum absolute atomic E-state index is 5.44. The van der Waals surface area contributed by atoms with E-state index in [0.29, 0.717) is 6.54 Å². The molecule has 1 N–H and O–H groups in total. The highest BCUT2D eigenvalue weighted by atomic mass is 16.7. The van der Waals surface area contributed by atoms with E-state index in [1.165, 1.54) is 5.56 Å². The Hall–Kier alpha value is -3.54. The minimum atomic E-state index is 0.284. The average molecular weight is 358 g/mol. The van der Waals surface area contributed by atoms with Crippen LogP contribution in [0.1, 0.15) is 11.1 Å². The molecule has 1 aliphatic heterocycles. The molecule has 0 spiro atoms. The molecule has 0 unspecified atom stereocenters. The second-order valence-corrected chi connectivity index (χ2v) is 6.53. The molecule has 0 saturated carbocycles. The second kappa shape index (κ2) is 6.32. The molecule has 2 aromatic carbocycles. The standard InChI is InChI=1S/C21H18N4O2/c1-14-2-5-16(6-3-14)17-12-24-25-20(8-9-22-21(17)25)23-11-15-4-7-18-19(10-15)27-13-26-18/h2-10,12,23H,11,13H2,1H3. The SMILES string of the molecule is Cc1ccc(-c2cnn3c(NCc4ccc5c(c4)OCO5)ccnc23)cc1. The van der Waals surface area contributed by atoms with Crippen LogP contribution >= 0.6 is 0 Å². The third kappa shape index (κ3) is 2.85. The van der Waals surface area contributed by atoms with E-state index in [1.54, 1.807) is 6.20 Å². The van der Waals surface area contributed by atoms with Crippen molar-refractivity contribution in [3.8, 4) is 22.6 Å². The molecule has 0 aliphatic carbocycles. The molecule has 134 valence electrons. The molecule has 5 rings (SSSR count). The number of hydrogen-bond donors (Lipinski definition) is 1. The first-order valence-corrected chi connectivity index (χ1v) is 8.80. The van der Waals surface area contributed by atoms with Gasteiger partial charge >= 0.3 is 0 Å². The quantitative estimate of drug-likeness (QED) is 0.596. The fourth-order valence-corrected chi connectivity index (χ4v) is 3.21. The molecule has 6 heteroatoms. The largest absolute Gasteiger partial charge is 0.454 e. The Morgan fingerprint density at radius 1 is 1.04 bits per heavy atom. The van der Waals surface area contributed by atoms with E-state index in [1.807, 2.05) is 35.0 Å². The lowest BCUT2D eigenvalue weighted by atomic mass is 10.1. The maximum atomic E-state index is 5.44. The van der Waals surface area contributed by atoms with Crippen molar-refractivity contribution in [2.24, 2.45) is 0 Å². The zero-order valence-electron chi connectivity index (χ0n) is 14.8. The van der Waals surface area contributed by atoms with Gasteiger partial charge in [-0.15, -0.1) is 0 Å².